The molecule has 0 spiro atoms. The molecule has 0 bridgehead atoms. The van der Waals surface area contributed by atoms with Crippen LogP contribution in [0.25, 0.3) is 10.9 Å². The molecule has 2 rings (SSSR count). The zero-order chi connectivity index (χ0) is 16.2. The summed E-state index contributed by atoms with van der Waals surface area (Å²) in [6, 6.07) is 7.77. The monoisotopic (exact) mass is 304 g/mol. The summed E-state index contributed by atoms with van der Waals surface area (Å²) in [5, 5.41) is 13.0. The molecule has 0 fully saturated rings. The van der Waals surface area contributed by atoms with Crippen LogP contribution in [0, 0.1) is 5.41 Å². The Morgan fingerprint density at radius 1 is 1.36 bits per heavy atom. The van der Waals surface area contributed by atoms with E-state index in [9.17, 15) is 4.79 Å². The van der Waals surface area contributed by atoms with Crippen molar-refractivity contribution in [1.82, 2.24) is 9.88 Å². The summed E-state index contributed by atoms with van der Waals surface area (Å²) in [4.78, 5) is 12.1. The number of methoxy groups -OCH3 is 1. The van der Waals surface area contributed by atoms with E-state index in [1.165, 1.54) is 0 Å². The number of carbonyl (C=O) groups is 1. The first-order chi connectivity index (χ1) is 10.4. The Labute approximate surface area is 130 Å². The van der Waals surface area contributed by atoms with Crippen LogP contribution >= 0.6 is 0 Å². The van der Waals surface area contributed by atoms with Gasteiger partial charge in [-0.05, 0) is 36.1 Å². The molecule has 1 aromatic carbocycles. The summed E-state index contributed by atoms with van der Waals surface area (Å²) in [6.45, 7) is 5.03. The van der Waals surface area contributed by atoms with Crippen LogP contribution in [0.5, 0.6) is 5.75 Å². The third-order valence-electron chi connectivity index (χ3n) is 3.84. The van der Waals surface area contributed by atoms with Crippen LogP contribution in [0.4, 0.5) is 0 Å². The van der Waals surface area contributed by atoms with Crippen LogP contribution in [-0.4, -0.2) is 35.8 Å². The maximum absolute atomic E-state index is 12.1. The fraction of sp³-hybridized carbons (Fsp3) is 0.471. The Balaban J connectivity index is 2.00. The summed E-state index contributed by atoms with van der Waals surface area (Å²) in [5.41, 5.74) is 0.904. The van der Waals surface area contributed by atoms with Crippen LogP contribution in [0.1, 0.15) is 20.3 Å². The number of nitrogens with zero attached hydrogens (tertiary/aromatic N) is 1. The number of nitrogens with one attached hydrogen (secondary N) is 1. The molecule has 1 heterocycles. The molecule has 0 radical (unpaired) electrons. The molecule has 0 aliphatic heterocycles. The number of benzene rings is 1. The molecule has 5 heteroatoms. The number of rotatable bonds is 7. The Bertz CT molecular complexity index is 646. The number of aromatic nitrogens is 1. The predicted octanol–water partition coefficient (Wildman–Crippen LogP) is 2.17. The van der Waals surface area contributed by atoms with Gasteiger partial charge in [-0.3, -0.25) is 4.79 Å². The lowest BCUT2D eigenvalue weighted by Gasteiger charge is -2.23. The van der Waals surface area contributed by atoms with E-state index < -0.39 is 0 Å². The number of hydrogen-bond acceptors (Lipinski definition) is 3. The fourth-order valence-electron chi connectivity index (χ4n) is 2.38. The number of hydrogen-bond donors (Lipinski definition) is 2. The molecule has 0 saturated heterocycles. The van der Waals surface area contributed by atoms with E-state index in [1.807, 2.05) is 48.9 Å². The number of aliphatic hydroxyl groups excluding tert-OH is 1. The summed E-state index contributed by atoms with van der Waals surface area (Å²) in [6.07, 6.45) is 2.57. The zero-order valence-electron chi connectivity index (χ0n) is 13.4. The number of carbonyl (C=O) groups excluding carboxylic acids is 1. The van der Waals surface area contributed by atoms with Crippen molar-refractivity contribution < 1.29 is 14.6 Å². The summed E-state index contributed by atoms with van der Waals surface area (Å²) < 4.78 is 7.12. The van der Waals surface area contributed by atoms with E-state index in [0.29, 0.717) is 13.0 Å². The van der Waals surface area contributed by atoms with Gasteiger partial charge in [0.15, 0.2) is 0 Å². The lowest BCUT2D eigenvalue weighted by molar-refractivity contribution is -0.122. The molecule has 2 aromatic rings. The normalized spacial score (nSPS) is 11.6. The summed E-state index contributed by atoms with van der Waals surface area (Å²) >= 11 is 0. The van der Waals surface area contributed by atoms with Crippen LogP contribution < -0.4 is 10.1 Å². The molecule has 2 N–H and O–H groups in total. The first-order valence-electron chi connectivity index (χ1n) is 7.46. The highest BCUT2D eigenvalue weighted by Crippen LogP contribution is 2.22. The smallest absolute Gasteiger partial charge is 0.239 e. The standard InChI is InChI=1S/C17H24N2O3/c1-17(2,7-9-20)12-18-16(21)11-19-8-6-13-10-14(22-3)4-5-15(13)19/h4-6,8,10,20H,7,9,11-12H2,1-3H3,(H,18,21). The van der Waals surface area contributed by atoms with E-state index in [2.05, 4.69) is 5.32 Å². The number of fused-ring (bicyclic) bond motifs is 1. The lowest BCUT2D eigenvalue weighted by atomic mass is 9.90. The van der Waals surface area contributed by atoms with E-state index in [0.717, 1.165) is 16.7 Å². The van der Waals surface area contributed by atoms with Gasteiger partial charge < -0.3 is 19.7 Å². The molecule has 1 amide bonds. The van der Waals surface area contributed by atoms with E-state index in [1.54, 1.807) is 7.11 Å². The number of amides is 1. The molecule has 1 aromatic heterocycles. The first kappa shape index (κ1) is 16.4. The van der Waals surface area contributed by atoms with Crippen molar-refractivity contribution in [1.29, 1.82) is 0 Å². The average molecular weight is 304 g/mol. The largest absolute Gasteiger partial charge is 0.497 e. The van der Waals surface area contributed by atoms with Crippen molar-refractivity contribution >= 4 is 16.8 Å². The van der Waals surface area contributed by atoms with Gasteiger partial charge in [-0.2, -0.15) is 0 Å². The second kappa shape index (κ2) is 6.83. The van der Waals surface area contributed by atoms with Crippen molar-refractivity contribution in [3.63, 3.8) is 0 Å². The highest BCUT2D eigenvalue weighted by atomic mass is 16.5. The summed E-state index contributed by atoms with van der Waals surface area (Å²) in [5.74, 6) is 0.778. The van der Waals surface area contributed by atoms with Gasteiger partial charge in [0, 0.05) is 30.3 Å². The summed E-state index contributed by atoms with van der Waals surface area (Å²) in [7, 11) is 1.64. The van der Waals surface area contributed by atoms with Crippen LogP contribution in [-0.2, 0) is 11.3 Å². The van der Waals surface area contributed by atoms with Gasteiger partial charge >= 0.3 is 0 Å². The van der Waals surface area contributed by atoms with Crippen molar-refractivity contribution in [3.05, 3.63) is 30.5 Å². The van der Waals surface area contributed by atoms with Crippen LogP contribution in [0.3, 0.4) is 0 Å². The molecule has 0 unspecified atom stereocenters. The highest BCUT2D eigenvalue weighted by molar-refractivity contribution is 5.84. The Morgan fingerprint density at radius 3 is 2.82 bits per heavy atom. The molecule has 120 valence electrons. The quantitative estimate of drug-likeness (QED) is 0.824. The maximum atomic E-state index is 12.1. The third kappa shape index (κ3) is 4.01. The first-order valence-corrected chi connectivity index (χ1v) is 7.46. The SMILES string of the molecule is COc1ccc2c(ccn2CC(=O)NCC(C)(C)CCO)c1. The maximum Gasteiger partial charge on any atom is 0.239 e. The van der Waals surface area contributed by atoms with Gasteiger partial charge in [0.05, 0.1) is 7.11 Å². The third-order valence-corrected chi connectivity index (χ3v) is 3.84. The number of ether oxygens (including phenoxy) is 1. The molecule has 22 heavy (non-hydrogen) atoms. The second-order valence-corrected chi connectivity index (χ2v) is 6.28. The number of aliphatic hydroxyl groups is 1. The molecule has 0 aliphatic rings. The molecular formula is C17H24N2O3. The van der Waals surface area contributed by atoms with Crippen LogP contribution in [0.2, 0.25) is 0 Å². The second-order valence-electron chi connectivity index (χ2n) is 6.28. The van der Waals surface area contributed by atoms with Crippen molar-refractivity contribution in [2.24, 2.45) is 5.41 Å². The van der Waals surface area contributed by atoms with Gasteiger partial charge in [-0.25, -0.2) is 0 Å². The topological polar surface area (TPSA) is 63.5 Å². The van der Waals surface area contributed by atoms with Gasteiger partial charge in [-0.1, -0.05) is 13.8 Å². The Kier molecular flexibility index (Phi) is 5.08. The molecule has 0 aliphatic carbocycles. The van der Waals surface area contributed by atoms with Crippen molar-refractivity contribution in [2.45, 2.75) is 26.8 Å². The van der Waals surface area contributed by atoms with Crippen LogP contribution in [0.15, 0.2) is 30.5 Å². The fourth-order valence-corrected chi connectivity index (χ4v) is 2.38. The average Bonchev–Trinajstić information content (AvgIpc) is 2.87. The predicted molar refractivity (Wildman–Crippen MR) is 87.0 cm³/mol. The van der Waals surface area contributed by atoms with E-state index >= 15 is 0 Å². The lowest BCUT2D eigenvalue weighted by Crippen LogP contribution is -2.36. The minimum absolute atomic E-state index is 0.0284. The zero-order valence-corrected chi connectivity index (χ0v) is 13.4. The molecule has 5 nitrogen and oxygen atoms in total. The highest BCUT2D eigenvalue weighted by Gasteiger charge is 2.18. The van der Waals surface area contributed by atoms with Gasteiger partial charge in [0.2, 0.25) is 5.91 Å². The van der Waals surface area contributed by atoms with Crippen molar-refractivity contribution in [3.8, 4) is 5.75 Å². The molecule has 0 saturated carbocycles. The van der Waals surface area contributed by atoms with Crippen molar-refractivity contribution in [2.75, 3.05) is 20.3 Å². The van der Waals surface area contributed by atoms with Gasteiger partial charge in [0.1, 0.15) is 12.3 Å². The minimum atomic E-state index is -0.101. The van der Waals surface area contributed by atoms with E-state index in [-0.39, 0.29) is 24.5 Å². The molecule has 0 atom stereocenters. The molecular weight excluding hydrogens is 280 g/mol. The Morgan fingerprint density at radius 2 is 2.14 bits per heavy atom. The Hall–Kier alpha value is -2.01. The minimum Gasteiger partial charge on any atom is -0.497 e. The van der Waals surface area contributed by atoms with Gasteiger partial charge in [-0.15, -0.1) is 0 Å². The van der Waals surface area contributed by atoms with E-state index in [4.69, 9.17) is 9.84 Å². The van der Waals surface area contributed by atoms with Gasteiger partial charge in [0.25, 0.3) is 0 Å².